The second-order valence-corrected chi connectivity index (χ2v) is 6.48. The lowest BCUT2D eigenvalue weighted by Gasteiger charge is -2.25. The summed E-state index contributed by atoms with van der Waals surface area (Å²) in [4.78, 5) is 0. The van der Waals surface area contributed by atoms with Crippen molar-refractivity contribution in [1.82, 2.24) is 14.9 Å². The second-order valence-electron chi connectivity index (χ2n) is 5.49. The SMILES string of the molecule is CCCCc1nnc(SC[C@@H]2OCCc3ccccc32)n1N. The van der Waals surface area contributed by atoms with Gasteiger partial charge in [0, 0.05) is 12.2 Å². The molecule has 3 rings (SSSR count). The lowest BCUT2D eigenvalue weighted by atomic mass is 9.99. The number of rotatable bonds is 6. The summed E-state index contributed by atoms with van der Waals surface area (Å²) >= 11 is 1.61. The van der Waals surface area contributed by atoms with E-state index in [9.17, 15) is 0 Å². The third-order valence-corrected chi connectivity index (χ3v) is 4.95. The monoisotopic (exact) mass is 318 g/mol. The summed E-state index contributed by atoms with van der Waals surface area (Å²) in [5, 5.41) is 9.15. The lowest BCUT2D eigenvalue weighted by Crippen LogP contribution is -2.19. The Morgan fingerprint density at radius 2 is 2.23 bits per heavy atom. The molecule has 1 aliphatic heterocycles. The predicted molar refractivity (Wildman–Crippen MR) is 88.3 cm³/mol. The zero-order valence-electron chi connectivity index (χ0n) is 12.9. The van der Waals surface area contributed by atoms with Crippen LogP contribution in [0.1, 0.15) is 42.8 Å². The van der Waals surface area contributed by atoms with E-state index < -0.39 is 0 Å². The summed E-state index contributed by atoms with van der Waals surface area (Å²) in [6.07, 6.45) is 4.18. The highest BCUT2D eigenvalue weighted by Crippen LogP contribution is 2.31. The summed E-state index contributed by atoms with van der Waals surface area (Å²) in [7, 11) is 0. The van der Waals surface area contributed by atoms with Crippen molar-refractivity contribution in [2.45, 2.75) is 43.9 Å². The van der Waals surface area contributed by atoms with Crippen LogP contribution >= 0.6 is 11.8 Å². The largest absolute Gasteiger partial charge is 0.372 e. The summed E-state index contributed by atoms with van der Waals surface area (Å²) in [6, 6.07) is 8.49. The van der Waals surface area contributed by atoms with Crippen LogP contribution in [0.15, 0.2) is 29.4 Å². The van der Waals surface area contributed by atoms with Gasteiger partial charge in [0.25, 0.3) is 0 Å². The summed E-state index contributed by atoms with van der Waals surface area (Å²) in [5.74, 6) is 7.75. The molecule has 1 atom stereocenters. The molecule has 0 bridgehead atoms. The number of fused-ring (bicyclic) bond motifs is 1. The van der Waals surface area contributed by atoms with Crippen molar-refractivity contribution in [1.29, 1.82) is 0 Å². The van der Waals surface area contributed by atoms with E-state index in [0.29, 0.717) is 0 Å². The van der Waals surface area contributed by atoms with Crippen LogP contribution < -0.4 is 5.84 Å². The highest BCUT2D eigenvalue weighted by atomic mass is 32.2. The minimum atomic E-state index is 0.103. The summed E-state index contributed by atoms with van der Waals surface area (Å²) in [5.41, 5.74) is 2.67. The fourth-order valence-corrected chi connectivity index (χ4v) is 3.60. The highest BCUT2D eigenvalue weighted by molar-refractivity contribution is 7.99. The molecule has 0 aliphatic carbocycles. The number of thioether (sulfide) groups is 1. The van der Waals surface area contributed by atoms with Crippen LogP contribution in [-0.4, -0.2) is 27.2 Å². The highest BCUT2D eigenvalue weighted by Gasteiger charge is 2.21. The molecule has 2 N–H and O–H groups in total. The van der Waals surface area contributed by atoms with Gasteiger partial charge in [0.2, 0.25) is 5.16 Å². The number of nitrogen functional groups attached to an aromatic ring is 1. The van der Waals surface area contributed by atoms with Gasteiger partial charge in [-0.2, -0.15) is 0 Å². The van der Waals surface area contributed by atoms with Gasteiger partial charge in [-0.15, -0.1) is 10.2 Å². The van der Waals surface area contributed by atoms with Crippen LogP contribution in [0.25, 0.3) is 0 Å². The maximum Gasteiger partial charge on any atom is 0.209 e. The van der Waals surface area contributed by atoms with E-state index in [0.717, 1.165) is 49.0 Å². The van der Waals surface area contributed by atoms with E-state index in [1.54, 1.807) is 16.4 Å². The summed E-state index contributed by atoms with van der Waals surface area (Å²) < 4.78 is 7.54. The molecule has 1 aromatic carbocycles. The molecule has 118 valence electrons. The number of ether oxygens (including phenoxy) is 1. The Balaban J connectivity index is 1.65. The molecular formula is C16H22N4OS. The van der Waals surface area contributed by atoms with Crippen molar-refractivity contribution in [3.8, 4) is 0 Å². The van der Waals surface area contributed by atoms with Crippen LogP contribution in [0, 0.1) is 0 Å². The molecule has 5 nitrogen and oxygen atoms in total. The molecule has 1 aromatic heterocycles. The quantitative estimate of drug-likeness (QED) is 0.655. The fraction of sp³-hybridized carbons (Fsp3) is 0.500. The van der Waals surface area contributed by atoms with E-state index in [4.69, 9.17) is 10.6 Å². The zero-order chi connectivity index (χ0) is 15.4. The van der Waals surface area contributed by atoms with Crippen LogP contribution in [-0.2, 0) is 17.6 Å². The van der Waals surface area contributed by atoms with Crippen molar-refractivity contribution in [3.05, 3.63) is 41.2 Å². The second kappa shape index (κ2) is 7.15. The average Bonchev–Trinajstić information content (AvgIpc) is 2.91. The van der Waals surface area contributed by atoms with E-state index in [1.165, 1.54) is 11.1 Å². The number of aryl methyl sites for hydroxylation is 1. The third-order valence-electron chi connectivity index (χ3n) is 3.95. The number of unbranched alkanes of at least 4 members (excludes halogenated alkanes) is 1. The number of aromatic nitrogens is 3. The zero-order valence-corrected chi connectivity index (χ0v) is 13.7. The van der Waals surface area contributed by atoms with Crippen LogP contribution in [0.2, 0.25) is 0 Å². The van der Waals surface area contributed by atoms with E-state index >= 15 is 0 Å². The first kappa shape index (κ1) is 15.4. The predicted octanol–water partition coefficient (Wildman–Crippen LogP) is 2.74. The lowest BCUT2D eigenvalue weighted by molar-refractivity contribution is 0.0587. The Labute approximate surface area is 135 Å². The molecular weight excluding hydrogens is 296 g/mol. The maximum absolute atomic E-state index is 6.08. The van der Waals surface area contributed by atoms with Gasteiger partial charge in [-0.25, -0.2) is 4.68 Å². The minimum absolute atomic E-state index is 0.103. The van der Waals surface area contributed by atoms with Crippen molar-refractivity contribution >= 4 is 11.8 Å². The van der Waals surface area contributed by atoms with Crippen LogP contribution in [0.5, 0.6) is 0 Å². The molecule has 0 saturated carbocycles. The van der Waals surface area contributed by atoms with Crippen LogP contribution in [0.3, 0.4) is 0 Å². The molecule has 6 heteroatoms. The van der Waals surface area contributed by atoms with Crippen LogP contribution in [0.4, 0.5) is 0 Å². The van der Waals surface area contributed by atoms with Gasteiger partial charge in [0.15, 0.2) is 5.82 Å². The van der Waals surface area contributed by atoms with Gasteiger partial charge in [-0.3, -0.25) is 0 Å². The number of benzene rings is 1. The number of hydrogen-bond donors (Lipinski definition) is 1. The van der Waals surface area contributed by atoms with Crippen molar-refractivity contribution in [2.24, 2.45) is 0 Å². The Bertz CT molecular complexity index is 628. The van der Waals surface area contributed by atoms with Crippen molar-refractivity contribution < 1.29 is 4.74 Å². The first-order valence-electron chi connectivity index (χ1n) is 7.81. The van der Waals surface area contributed by atoms with Gasteiger partial charge in [0.05, 0.1) is 12.7 Å². The number of hydrogen-bond acceptors (Lipinski definition) is 5. The van der Waals surface area contributed by atoms with Gasteiger partial charge in [-0.05, 0) is 24.0 Å². The molecule has 0 radical (unpaired) electrons. The Kier molecular flexibility index (Phi) is 5.00. The molecule has 2 heterocycles. The van der Waals surface area contributed by atoms with Crippen molar-refractivity contribution in [2.75, 3.05) is 18.2 Å². The van der Waals surface area contributed by atoms with Gasteiger partial charge >= 0.3 is 0 Å². The summed E-state index contributed by atoms with van der Waals surface area (Å²) in [6.45, 7) is 2.93. The molecule has 0 saturated heterocycles. The Hall–Kier alpha value is -1.53. The van der Waals surface area contributed by atoms with E-state index in [-0.39, 0.29) is 6.10 Å². The maximum atomic E-state index is 6.08. The average molecular weight is 318 g/mol. The van der Waals surface area contributed by atoms with E-state index in [2.05, 4.69) is 41.4 Å². The third kappa shape index (κ3) is 3.28. The van der Waals surface area contributed by atoms with E-state index in [1.807, 2.05) is 0 Å². The minimum Gasteiger partial charge on any atom is -0.372 e. The molecule has 0 fully saturated rings. The van der Waals surface area contributed by atoms with Crippen molar-refractivity contribution in [3.63, 3.8) is 0 Å². The van der Waals surface area contributed by atoms with Gasteiger partial charge < -0.3 is 10.6 Å². The first-order valence-corrected chi connectivity index (χ1v) is 8.79. The normalized spacial score (nSPS) is 17.4. The molecule has 0 amide bonds. The topological polar surface area (TPSA) is 66.0 Å². The number of nitrogens with two attached hydrogens (primary N) is 1. The smallest absolute Gasteiger partial charge is 0.209 e. The molecule has 2 aromatic rings. The van der Waals surface area contributed by atoms with Gasteiger partial charge in [-0.1, -0.05) is 49.4 Å². The fourth-order valence-electron chi connectivity index (χ4n) is 2.68. The number of nitrogens with zero attached hydrogens (tertiary/aromatic N) is 3. The molecule has 0 spiro atoms. The Morgan fingerprint density at radius 3 is 3.09 bits per heavy atom. The van der Waals surface area contributed by atoms with Gasteiger partial charge in [0.1, 0.15) is 0 Å². The standard InChI is InChI=1S/C16H22N4OS/c1-2-3-8-15-18-19-16(20(15)17)22-11-14-13-7-5-4-6-12(13)9-10-21-14/h4-7,14H,2-3,8-11,17H2,1H3/t14-/m0/s1. The Morgan fingerprint density at radius 1 is 1.36 bits per heavy atom. The molecule has 0 unspecified atom stereocenters. The first-order chi connectivity index (χ1) is 10.8. The molecule has 1 aliphatic rings. The molecule has 22 heavy (non-hydrogen) atoms.